The molecule has 84 valence electrons. The van der Waals surface area contributed by atoms with Gasteiger partial charge < -0.3 is 10.1 Å². The van der Waals surface area contributed by atoms with Crippen molar-refractivity contribution in [3.63, 3.8) is 0 Å². The summed E-state index contributed by atoms with van der Waals surface area (Å²) >= 11 is 0. The first-order valence-corrected chi connectivity index (χ1v) is 5.79. The highest BCUT2D eigenvalue weighted by Crippen LogP contribution is 2.37. The highest BCUT2D eigenvalue weighted by molar-refractivity contribution is 6.09. The summed E-state index contributed by atoms with van der Waals surface area (Å²) in [4.78, 5) is 4.72. The van der Waals surface area contributed by atoms with Crippen LogP contribution < -0.4 is 5.32 Å². The first-order valence-electron chi connectivity index (χ1n) is 5.79. The van der Waals surface area contributed by atoms with E-state index >= 15 is 0 Å². The first-order chi connectivity index (χ1) is 7.79. The summed E-state index contributed by atoms with van der Waals surface area (Å²) in [7, 11) is 1.73. The van der Waals surface area contributed by atoms with Gasteiger partial charge in [0.2, 0.25) is 0 Å². The maximum atomic E-state index is 5.32. The van der Waals surface area contributed by atoms with E-state index in [9.17, 15) is 0 Å². The molecule has 3 nitrogen and oxygen atoms in total. The fourth-order valence-electron chi connectivity index (χ4n) is 2.60. The van der Waals surface area contributed by atoms with Gasteiger partial charge in [0.05, 0.1) is 18.5 Å². The van der Waals surface area contributed by atoms with Crippen molar-refractivity contribution in [2.24, 2.45) is 4.99 Å². The molecule has 0 aromatic heterocycles. The lowest BCUT2D eigenvalue weighted by Gasteiger charge is -2.23. The molecule has 1 fully saturated rings. The quantitative estimate of drug-likeness (QED) is 0.726. The third-order valence-corrected chi connectivity index (χ3v) is 3.50. The predicted molar refractivity (Wildman–Crippen MR) is 64.3 cm³/mol. The van der Waals surface area contributed by atoms with E-state index in [1.54, 1.807) is 7.11 Å². The lowest BCUT2D eigenvalue weighted by Crippen LogP contribution is -2.40. The summed E-state index contributed by atoms with van der Waals surface area (Å²) in [6.07, 6.45) is 6.09. The van der Waals surface area contributed by atoms with Crippen LogP contribution in [0.25, 0.3) is 0 Å². The van der Waals surface area contributed by atoms with Crippen LogP contribution in [-0.2, 0) is 4.74 Å². The number of hydrogen-bond donors (Lipinski definition) is 1. The van der Waals surface area contributed by atoms with Gasteiger partial charge in [-0.1, -0.05) is 0 Å². The van der Waals surface area contributed by atoms with Crippen molar-refractivity contribution in [1.29, 1.82) is 0 Å². The molecule has 1 saturated heterocycles. The second-order valence-corrected chi connectivity index (χ2v) is 4.45. The van der Waals surface area contributed by atoms with Gasteiger partial charge in [-0.15, -0.1) is 0 Å². The van der Waals surface area contributed by atoms with Crippen LogP contribution >= 0.6 is 0 Å². The van der Waals surface area contributed by atoms with Crippen molar-refractivity contribution in [1.82, 2.24) is 5.32 Å². The van der Waals surface area contributed by atoms with Gasteiger partial charge in [0.25, 0.3) is 0 Å². The number of rotatable bonds is 1. The van der Waals surface area contributed by atoms with Crippen LogP contribution in [0, 0.1) is 0 Å². The molecule has 3 heteroatoms. The normalized spacial score (nSPS) is 27.9. The lowest BCUT2D eigenvalue weighted by atomic mass is 9.91. The maximum Gasteiger partial charge on any atom is 0.100 e. The minimum Gasteiger partial charge on any atom is -0.501 e. The van der Waals surface area contributed by atoms with E-state index in [0.29, 0.717) is 6.04 Å². The lowest BCUT2D eigenvalue weighted by molar-refractivity contribution is 0.282. The Hall–Kier alpha value is -1.35. The number of piperidine rings is 1. The molecule has 3 rings (SSSR count). The van der Waals surface area contributed by atoms with Crippen LogP contribution in [0.2, 0.25) is 0 Å². The number of aliphatic imine (C=N–C) groups is 1. The van der Waals surface area contributed by atoms with E-state index in [4.69, 9.17) is 9.73 Å². The van der Waals surface area contributed by atoms with Crippen LogP contribution in [0.4, 0.5) is 0 Å². The minimum absolute atomic E-state index is 0.383. The van der Waals surface area contributed by atoms with E-state index < -0.39 is 0 Å². The van der Waals surface area contributed by atoms with E-state index in [0.717, 1.165) is 30.8 Å². The topological polar surface area (TPSA) is 33.6 Å². The molecule has 0 bridgehead atoms. The van der Waals surface area contributed by atoms with Crippen LogP contribution in [0.3, 0.4) is 0 Å². The Morgan fingerprint density at radius 3 is 3.06 bits per heavy atom. The molecule has 1 N–H and O–H groups in total. The third-order valence-electron chi connectivity index (χ3n) is 3.50. The van der Waals surface area contributed by atoms with Crippen molar-refractivity contribution in [3.8, 4) is 0 Å². The Balaban J connectivity index is 2.02. The minimum atomic E-state index is 0.383. The van der Waals surface area contributed by atoms with E-state index in [1.807, 2.05) is 6.08 Å². The Morgan fingerprint density at radius 1 is 1.38 bits per heavy atom. The van der Waals surface area contributed by atoms with Crippen LogP contribution in [-0.4, -0.2) is 25.4 Å². The van der Waals surface area contributed by atoms with Crippen molar-refractivity contribution in [3.05, 3.63) is 34.8 Å². The van der Waals surface area contributed by atoms with Gasteiger partial charge in [0, 0.05) is 12.5 Å². The number of hydrogen-bond acceptors (Lipinski definition) is 3. The molecule has 0 amide bonds. The Kier molecular flexibility index (Phi) is 2.21. The van der Waals surface area contributed by atoms with Gasteiger partial charge in [-0.05, 0) is 43.2 Å². The molecular weight excluding hydrogens is 200 g/mol. The summed E-state index contributed by atoms with van der Waals surface area (Å²) < 4.78 is 5.32. The van der Waals surface area contributed by atoms with Crippen molar-refractivity contribution >= 4 is 5.71 Å². The monoisotopic (exact) mass is 216 g/mol. The summed E-state index contributed by atoms with van der Waals surface area (Å²) in [5.74, 6) is 1.04. The number of methoxy groups -OCH3 is 1. The van der Waals surface area contributed by atoms with Gasteiger partial charge >= 0.3 is 0 Å². The van der Waals surface area contributed by atoms with Crippen molar-refractivity contribution < 1.29 is 4.74 Å². The second kappa shape index (κ2) is 3.59. The molecule has 3 aliphatic rings. The predicted octanol–water partition coefficient (Wildman–Crippen LogP) is 1.94. The first kappa shape index (κ1) is 9.85. The van der Waals surface area contributed by atoms with E-state index in [-0.39, 0.29) is 0 Å². The smallest absolute Gasteiger partial charge is 0.100 e. The number of allylic oxidation sites excluding steroid dienone is 4. The molecule has 0 radical (unpaired) electrons. The zero-order valence-electron chi connectivity index (χ0n) is 9.71. The molecule has 2 aliphatic heterocycles. The molecule has 0 saturated carbocycles. The molecule has 2 heterocycles. The molecule has 0 aromatic carbocycles. The molecular formula is C13H16N2O. The summed E-state index contributed by atoms with van der Waals surface area (Å²) in [6.45, 7) is 3.24. The molecule has 1 unspecified atom stereocenters. The maximum absolute atomic E-state index is 5.32. The van der Waals surface area contributed by atoms with Gasteiger partial charge in [-0.25, -0.2) is 0 Å². The largest absolute Gasteiger partial charge is 0.501 e. The molecule has 0 spiro atoms. The number of nitrogens with zero attached hydrogens (tertiary/aromatic N) is 1. The number of ether oxygens (including phenoxy) is 1. The fraction of sp³-hybridized carbons (Fsp3) is 0.462. The van der Waals surface area contributed by atoms with Gasteiger partial charge in [-0.3, -0.25) is 4.99 Å². The summed E-state index contributed by atoms with van der Waals surface area (Å²) in [5, 5.41) is 3.45. The Bertz CT molecular complexity index is 455. The Morgan fingerprint density at radius 2 is 2.25 bits per heavy atom. The van der Waals surface area contributed by atoms with Crippen LogP contribution in [0.15, 0.2) is 39.7 Å². The van der Waals surface area contributed by atoms with Gasteiger partial charge in [0.15, 0.2) is 0 Å². The molecule has 1 aliphatic carbocycles. The number of fused-ring (bicyclic) bond motifs is 2. The van der Waals surface area contributed by atoms with Gasteiger partial charge in [-0.2, -0.15) is 0 Å². The standard InChI is InChI=1S/C13H16N2O/c1-8-13-10(5-6-14-8)11-7-9(16-2)3-4-12(11)15-13/h3-4,8,14H,5-7H2,1-2H3. The fourth-order valence-corrected chi connectivity index (χ4v) is 2.60. The highest BCUT2D eigenvalue weighted by atomic mass is 16.5. The zero-order chi connectivity index (χ0) is 11.1. The van der Waals surface area contributed by atoms with Gasteiger partial charge in [0.1, 0.15) is 5.76 Å². The van der Waals surface area contributed by atoms with Crippen molar-refractivity contribution in [2.45, 2.75) is 25.8 Å². The Labute approximate surface area is 95.6 Å². The summed E-state index contributed by atoms with van der Waals surface area (Å²) in [6, 6.07) is 0.383. The molecule has 0 aromatic rings. The molecule has 1 atom stereocenters. The van der Waals surface area contributed by atoms with Crippen LogP contribution in [0.5, 0.6) is 0 Å². The average Bonchev–Trinajstić information content (AvgIpc) is 2.68. The van der Waals surface area contributed by atoms with Crippen LogP contribution in [0.1, 0.15) is 19.8 Å². The zero-order valence-corrected chi connectivity index (χ0v) is 9.71. The SMILES string of the molecule is COC1=CC=C2N=C3C(=C2C1)CCNC3C. The molecule has 16 heavy (non-hydrogen) atoms. The highest BCUT2D eigenvalue weighted by Gasteiger charge is 2.31. The van der Waals surface area contributed by atoms with Crippen molar-refractivity contribution in [2.75, 3.05) is 13.7 Å². The average molecular weight is 216 g/mol. The van der Waals surface area contributed by atoms with E-state index in [1.165, 1.54) is 16.9 Å². The summed E-state index contributed by atoms with van der Waals surface area (Å²) in [5.41, 5.74) is 5.20. The third kappa shape index (κ3) is 1.35. The van der Waals surface area contributed by atoms with E-state index in [2.05, 4.69) is 18.3 Å². The second-order valence-electron chi connectivity index (χ2n) is 4.45. The number of nitrogens with one attached hydrogen (secondary N) is 1.